The van der Waals surface area contributed by atoms with Crippen LogP contribution < -0.4 is 11.1 Å². The van der Waals surface area contributed by atoms with E-state index in [2.05, 4.69) is 39.9 Å². The molecule has 0 amide bonds. The number of nitrogens with two attached hydrogens (primary N) is 1. The fraction of sp³-hybridized carbons (Fsp3) is 0.357. The molecule has 4 heteroatoms. The molecule has 0 spiro atoms. The molecule has 0 radical (unpaired) electrons. The van der Waals surface area contributed by atoms with Gasteiger partial charge in [-0.15, -0.1) is 11.3 Å². The highest BCUT2D eigenvalue weighted by Gasteiger charge is 1.96. The molecule has 0 bridgehead atoms. The lowest BCUT2D eigenvalue weighted by Crippen LogP contribution is -2.16. The van der Waals surface area contributed by atoms with Crippen LogP contribution in [0.25, 0.3) is 0 Å². The van der Waals surface area contributed by atoms with E-state index in [1.807, 2.05) is 5.51 Å². The van der Waals surface area contributed by atoms with Gasteiger partial charge in [-0.05, 0) is 24.1 Å². The number of hydrogen-bond acceptors (Lipinski definition) is 4. The number of benzene rings is 1. The smallest absolute Gasteiger partial charge is 0.0794 e. The van der Waals surface area contributed by atoms with Gasteiger partial charge in [0.2, 0.25) is 0 Å². The fourth-order valence-electron chi connectivity index (χ4n) is 1.80. The molecule has 0 fully saturated rings. The van der Waals surface area contributed by atoms with Crippen molar-refractivity contribution >= 4 is 11.3 Å². The van der Waals surface area contributed by atoms with Crippen molar-refractivity contribution in [3.63, 3.8) is 0 Å². The molecule has 0 saturated heterocycles. The SMILES string of the molecule is NCCc1ccc(CNCCc2cscn2)cc1. The van der Waals surface area contributed by atoms with Crippen LogP contribution in [0.4, 0.5) is 0 Å². The minimum absolute atomic E-state index is 0.714. The predicted octanol–water partition coefficient (Wildman–Crippen LogP) is 1.98. The summed E-state index contributed by atoms with van der Waals surface area (Å²) in [6.45, 7) is 2.59. The summed E-state index contributed by atoms with van der Waals surface area (Å²) in [7, 11) is 0. The standard InChI is InChI=1S/C14H19N3S/c15-7-5-12-1-3-13(4-2-12)9-16-8-6-14-10-18-11-17-14/h1-4,10-11,16H,5-9,15H2. The van der Waals surface area contributed by atoms with Gasteiger partial charge in [0, 0.05) is 24.9 Å². The number of nitrogens with zero attached hydrogens (tertiary/aromatic N) is 1. The highest BCUT2D eigenvalue weighted by molar-refractivity contribution is 7.07. The molecule has 1 heterocycles. The Hall–Kier alpha value is -1.23. The molecular weight excluding hydrogens is 242 g/mol. The van der Waals surface area contributed by atoms with Crippen molar-refractivity contribution in [3.05, 3.63) is 52.0 Å². The van der Waals surface area contributed by atoms with Gasteiger partial charge < -0.3 is 11.1 Å². The van der Waals surface area contributed by atoms with E-state index in [4.69, 9.17) is 5.73 Å². The summed E-state index contributed by atoms with van der Waals surface area (Å²) in [6.07, 6.45) is 1.95. The largest absolute Gasteiger partial charge is 0.330 e. The molecule has 0 saturated carbocycles. The Kier molecular flexibility index (Phi) is 5.33. The van der Waals surface area contributed by atoms with Crippen LogP contribution in [0.3, 0.4) is 0 Å². The van der Waals surface area contributed by atoms with Gasteiger partial charge in [0.1, 0.15) is 0 Å². The van der Waals surface area contributed by atoms with Crippen LogP contribution in [-0.2, 0) is 19.4 Å². The van der Waals surface area contributed by atoms with Crippen molar-refractivity contribution in [1.82, 2.24) is 10.3 Å². The number of nitrogens with one attached hydrogen (secondary N) is 1. The Morgan fingerprint density at radius 3 is 2.56 bits per heavy atom. The Balaban J connectivity index is 1.69. The average molecular weight is 261 g/mol. The highest BCUT2D eigenvalue weighted by atomic mass is 32.1. The summed E-state index contributed by atoms with van der Waals surface area (Å²) in [4.78, 5) is 4.26. The van der Waals surface area contributed by atoms with E-state index in [0.29, 0.717) is 6.54 Å². The minimum atomic E-state index is 0.714. The van der Waals surface area contributed by atoms with Gasteiger partial charge in [0.05, 0.1) is 11.2 Å². The first kappa shape index (κ1) is 13.2. The van der Waals surface area contributed by atoms with Gasteiger partial charge in [-0.2, -0.15) is 0 Å². The molecule has 2 aromatic rings. The third-order valence-electron chi connectivity index (χ3n) is 2.83. The Morgan fingerprint density at radius 1 is 1.11 bits per heavy atom. The molecular formula is C14H19N3S. The maximum atomic E-state index is 5.53. The monoisotopic (exact) mass is 261 g/mol. The quantitative estimate of drug-likeness (QED) is 0.749. The van der Waals surface area contributed by atoms with E-state index >= 15 is 0 Å². The summed E-state index contributed by atoms with van der Waals surface area (Å²) >= 11 is 1.65. The zero-order chi connectivity index (χ0) is 12.6. The zero-order valence-corrected chi connectivity index (χ0v) is 11.2. The molecule has 3 nitrogen and oxygen atoms in total. The summed E-state index contributed by atoms with van der Waals surface area (Å²) in [5, 5.41) is 5.53. The lowest BCUT2D eigenvalue weighted by atomic mass is 10.1. The van der Waals surface area contributed by atoms with Crippen LogP contribution in [0.1, 0.15) is 16.8 Å². The second-order valence-corrected chi connectivity index (χ2v) is 4.98. The van der Waals surface area contributed by atoms with E-state index in [0.717, 1.165) is 25.9 Å². The molecule has 0 unspecified atom stereocenters. The van der Waals surface area contributed by atoms with Crippen molar-refractivity contribution in [1.29, 1.82) is 0 Å². The van der Waals surface area contributed by atoms with E-state index in [1.165, 1.54) is 16.8 Å². The first-order valence-electron chi connectivity index (χ1n) is 6.24. The maximum absolute atomic E-state index is 5.53. The lowest BCUT2D eigenvalue weighted by Gasteiger charge is -2.05. The van der Waals surface area contributed by atoms with E-state index in [1.54, 1.807) is 11.3 Å². The number of thiazole rings is 1. The molecule has 0 aliphatic carbocycles. The Bertz CT molecular complexity index is 437. The molecule has 0 aliphatic heterocycles. The molecule has 0 aliphatic rings. The van der Waals surface area contributed by atoms with Gasteiger partial charge in [0.15, 0.2) is 0 Å². The first-order chi connectivity index (χ1) is 8.88. The van der Waals surface area contributed by atoms with E-state index in [-0.39, 0.29) is 0 Å². The van der Waals surface area contributed by atoms with Crippen molar-refractivity contribution in [3.8, 4) is 0 Å². The van der Waals surface area contributed by atoms with Gasteiger partial charge in [-0.25, -0.2) is 4.98 Å². The van der Waals surface area contributed by atoms with Crippen molar-refractivity contribution in [2.45, 2.75) is 19.4 Å². The first-order valence-corrected chi connectivity index (χ1v) is 7.18. The van der Waals surface area contributed by atoms with Crippen LogP contribution in [0.2, 0.25) is 0 Å². The Labute approximate surface area is 112 Å². The maximum Gasteiger partial charge on any atom is 0.0794 e. The van der Waals surface area contributed by atoms with Crippen molar-refractivity contribution in [2.75, 3.05) is 13.1 Å². The number of rotatable bonds is 7. The molecule has 1 aromatic heterocycles. The van der Waals surface area contributed by atoms with Gasteiger partial charge in [-0.1, -0.05) is 24.3 Å². The highest BCUT2D eigenvalue weighted by Crippen LogP contribution is 2.05. The van der Waals surface area contributed by atoms with Gasteiger partial charge >= 0.3 is 0 Å². The van der Waals surface area contributed by atoms with Crippen LogP contribution in [0.15, 0.2) is 35.2 Å². The van der Waals surface area contributed by atoms with Crippen molar-refractivity contribution in [2.24, 2.45) is 5.73 Å². The summed E-state index contributed by atoms with van der Waals surface area (Å²) in [5.41, 5.74) is 11.2. The van der Waals surface area contributed by atoms with Gasteiger partial charge in [0.25, 0.3) is 0 Å². The van der Waals surface area contributed by atoms with E-state index in [9.17, 15) is 0 Å². The second kappa shape index (κ2) is 7.26. The Morgan fingerprint density at radius 2 is 1.89 bits per heavy atom. The summed E-state index contributed by atoms with van der Waals surface area (Å²) in [6, 6.07) is 8.65. The fourth-order valence-corrected chi connectivity index (χ4v) is 2.39. The molecule has 1 aromatic carbocycles. The molecule has 2 rings (SSSR count). The van der Waals surface area contributed by atoms with Gasteiger partial charge in [-0.3, -0.25) is 0 Å². The average Bonchev–Trinajstić information content (AvgIpc) is 2.90. The third-order valence-corrected chi connectivity index (χ3v) is 3.46. The normalized spacial score (nSPS) is 10.7. The minimum Gasteiger partial charge on any atom is -0.330 e. The molecule has 18 heavy (non-hydrogen) atoms. The van der Waals surface area contributed by atoms with Crippen LogP contribution in [0.5, 0.6) is 0 Å². The van der Waals surface area contributed by atoms with Crippen LogP contribution in [0, 0.1) is 0 Å². The van der Waals surface area contributed by atoms with Crippen LogP contribution in [-0.4, -0.2) is 18.1 Å². The predicted molar refractivity (Wildman–Crippen MR) is 76.7 cm³/mol. The number of aromatic nitrogens is 1. The topological polar surface area (TPSA) is 50.9 Å². The van der Waals surface area contributed by atoms with Crippen molar-refractivity contribution < 1.29 is 0 Å². The van der Waals surface area contributed by atoms with Crippen LogP contribution >= 0.6 is 11.3 Å². The molecule has 0 atom stereocenters. The second-order valence-electron chi connectivity index (χ2n) is 4.26. The lowest BCUT2D eigenvalue weighted by molar-refractivity contribution is 0.681. The molecule has 3 N–H and O–H groups in total. The third kappa shape index (κ3) is 4.22. The molecule has 96 valence electrons. The summed E-state index contributed by atoms with van der Waals surface area (Å²) < 4.78 is 0. The zero-order valence-electron chi connectivity index (χ0n) is 10.4. The summed E-state index contributed by atoms with van der Waals surface area (Å²) in [5.74, 6) is 0. The number of hydrogen-bond donors (Lipinski definition) is 2. The van der Waals surface area contributed by atoms with E-state index < -0.39 is 0 Å².